The van der Waals surface area contributed by atoms with Crippen molar-refractivity contribution in [3.05, 3.63) is 11.6 Å². The van der Waals surface area contributed by atoms with Crippen molar-refractivity contribution in [2.24, 2.45) is 34.5 Å². The van der Waals surface area contributed by atoms with Crippen LogP contribution in [-0.2, 0) is 4.79 Å². The molecule has 0 saturated heterocycles. The molecule has 3 heteroatoms. The van der Waals surface area contributed by atoms with Gasteiger partial charge in [-0.1, -0.05) is 25.3 Å². The standard InChI is InChI=1S/C23H32O3/c1-4-8-23(26)11-7-18-20-15(2)12-16-13-17(25)5-10-22(16,14-24)19(20)6-9-21(18,23)3/h13,15,18-20,24,26H,5-7,9-12,14H2,1-3H3/t15-,18+,19+,20+,21+,22-,23+/m1/s1. The van der Waals surface area contributed by atoms with Gasteiger partial charge in [-0.15, -0.1) is 5.92 Å². The molecular weight excluding hydrogens is 324 g/mol. The molecule has 26 heavy (non-hydrogen) atoms. The summed E-state index contributed by atoms with van der Waals surface area (Å²) >= 11 is 0. The predicted molar refractivity (Wildman–Crippen MR) is 101 cm³/mol. The molecule has 7 atom stereocenters. The molecule has 2 N–H and O–H groups in total. The lowest BCUT2D eigenvalue weighted by atomic mass is 9.44. The number of aliphatic hydroxyl groups is 2. The fraction of sp³-hybridized carbons (Fsp3) is 0.783. The second-order valence-corrected chi connectivity index (χ2v) is 9.65. The maximum absolute atomic E-state index is 12.0. The summed E-state index contributed by atoms with van der Waals surface area (Å²) in [6.45, 7) is 6.54. The van der Waals surface area contributed by atoms with Gasteiger partial charge in [0.15, 0.2) is 5.78 Å². The summed E-state index contributed by atoms with van der Waals surface area (Å²) in [6.07, 6.45) is 7.89. The van der Waals surface area contributed by atoms with E-state index in [2.05, 4.69) is 25.7 Å². The Kier molecular flexibility index (Phi) is 4.18. The number of carbonyl (C=O) groups excluding carboxylic acids is 1. The number of hydrogen-bond acceptors (Lipinski definition) is 3. The first kappa shape index (κ1) is 18.3. The molecule has 0 heterocycles. The Morgan fingerprint density at radius 2 is 1.96 bits per heavy atom. The highest BCUT2D eigenvalue weighted by atomic mass is 16.3. The van der Waals surface area contributed by atoms with Crippen molar-refractivity contribution in [3.63, 3.8) is 0 Å². The van der Waals surface area contributed by atoms with Crippen molar-refractivity contribution < 1.29 is 15.0 Å². The first-order valence-electron chi connectivity index (χ1n) is 10.3. The van der Waals surface area contributed by atoms with Crippen molar-refractivity contribution >= 4 is 5.78 Å². The lowest BCUT2D eigenvalue weighted by Gasteiger charge is -2.61. The Morgan fingerprint density at radius 3 is 2.65 bits per heavy atom. The molecule has 0 bridgehead atoms. The number of rotatable bonds is 1. The number of fused-ring (bicyclic) bond motifs is 5. The third kappa shape index (κ3) is 2.18. The first-order chi connectivity index (χ1) is 12.3. The second kappa shape index (κ2) is 5.94. The van der Waals surface area contributed by atoms with Gasteiger partial charge in [-0.3, -0.25) is 4.79 Å². The number of hydrogen-bond donors (Lipinski definition) is 2. The summed E-state index contributed by atoms with van der Waals surface area (Å²) in [5.74, 6) is 8.21. The van der Waals surface area contributed by atoms with Crippen LogP contribution in [0.3, 0.4) is 0 Å². The van der Waals surface area contributed by atoms with Gasteiger partial charge in [0.25, 0.3) is 0 Å². The molecule has 0 aliphatic heterocycles. The van der Waals surface area contributed by atoms with Crippen molar-refractivity contribution in [1.29, 1.82) is 0 Å². The second-order valence-electron chi connectivity index (χ2n) is 9.65. The Balaban J connectivity index is 1.76. The Labute approximate surface area is 157 Å². The van der Waals surface area contributed by atoms with Crippen LogP contribution in [0.4, 0.5) is 0 Å². The smallest absolute Gasteiger partial charge is 0.155 e. The minimum absolute atomic E-state index is 0.155. The lowest BCUT2D eigenvalue weighted by Crippen LogP contribution is -2.57. The van der Waals surface area contributed by atoms with E-state index in [9.17, 15) is 15.0 Å². The summed E-state index contributed by atoms with van der Waals surface area (Å²) < 4.78 is 0. The molecule has 3 saturated carbocycles. The monoisotopic (exact) mass is 356 g/mol. The van der Waals surface area contributed by atoms with Crippen LogP contribution in [0.5, 0.6) is 0 Å². The van der Waals surface area contributed by atoms with Gasteiger partial charge in [0.2, 0.25) is 0 Å². The van der Waals surface area contributed by atoms with E-state index >= 15 is 0 Å². The van der Waals surface area contributed by atoms with Gasteiger partial charge in [0.1, 0.15) is 5.60 Å². The van der Waals surface area contributed by atoms with Crippen molar-refractivity contribution in [1.82, 2.24) is 0 Å². The minimum Gasteiger partial charge on any atom is -0.395 e. The molecule has 4 rings (SSSR count). The maximum atomic E-state index is 12.0. The van der Waals surface area contributed by atoms with E-state index < -0.39 is 5.60 Å². The average Bonchev–Trinajstić information content (AvgIpc) is 2.86. The summed E-state index contributed by atoms with van der Waals surface area (Å²) in [6, 6.07) is 0. The van der Waals surface area contributed by atoms with E-state index in [1.165, 1.54) is 5.57 Å². The molecular formula is C23H32O3. The van der Waals surface area contributed by atoms with Crippen LogP contribution in [0.1, 0.15) is 65.7 Å². The van der Waals surface area contributed by atoms with Crippen LogP contribution < -0.4 is 0 Å². The Bertz CT molecular complexity index is 713. The van der Waals surface area contributed by atoms with Gasteiger partial charge in [0.05, 0.1) is 6.61 Å². The van der Waals surface area contributed by atoms with E-state index in [0.717, 1.165) is 38.5 Å². The zero-order valence-corrected chi connectivity index (χ0v) is 16.3. The van der Waals surface area contributed by atoms with Gasteiger partial charge in [-0.25, -0.2) is 0 Å². The Morgan fingerprint density at radius 1 is 1.23 bits per heavy atom. The van der Waals surface area contributed by atoms with Crippen LogP contribution in [0.2, 0.25) is 0 Å². The molecule has 142 valence electrons. The molecule has 0 aromatic heterocycles. The van der Waals surface area contributed by atoms with Crippen molar-refractivity contribution in [3.8, 4) is 11.8 Å². The SMILES string of the molecule is CC#C[C@]1(O)CC[C@H]2[C@@H]3[C@H](C)CC4=CC(=O)CC[C@]4(CO)[C@H]3CC[C@@]21C. The van der Waals surface area contributed by atoms with E-state index in [1.54, 1.807) is 0 Å². The van der Waals surface area contributed by atoms with Gasteiger partial charge in [-0.05, 0) is 75.2 Å². The number of ketones is 1. The fourth-order valence-corrected chi connectivity index (χ4v) is 7.45. The van der Waals surface area contributed by atoms with E-state index in [1.807, 2.05) is 13.0 Å². The lowest BCUT2D eigenvalue weighted by molar-refractivity contribution is -0.131. The molecule has 3 fully saturated rings. The predicted octanol–water partition coefficient (Wildman–Crippen LogP) is 3.49. The maximum Gasteiger partial charge on any atom is 0.155 e. The molecule has 0 amide bonds. The molecule has 4 aliphatic carbocycles. The molecule has 4 aliphatic rings. The van der Waals surface area contributed by atoms with Crippen LogP contribution in [0.15, 0.2) is 11.6 Å². The summed E-state index contributed by atoms with van der Waals surface area (Å²) in [5.41, 5.74) is -0.0327. The first-order valence-corrected chi connectivity index (χ1v) is 10.3. The zero-order valence-electron chi connectivity index (χ0n) is 16.3. The molecule has 0 aromatic rings. The van der Waals surface area contributed by atoms with Gasteiger partial charge >= 0.3 is 0 Å². The van der Waals surface area contributed by atoms with Gasteiger partial charge in [-0.2, -0.15) is 0 Å². The highest BCUT2D eigenvalue weighted by Crippen LogP contribution is 2.68. The van der Waals surface area contributed by atoms with Crippen LogP contribution in [0.25, 0.3) is 0 Å². The quantitative estimate of drug-likeness (QED) is 0.707. The van der Waals surface area contributed by atoms with Gasteiger partial charge in [0, 0.05) is 17.3 Å². The molecule has 0 unspecified atom stereocenters. The van der Waals surface area contributed by atoms with Gasteiger partial charge < -0.3 is 10.2 Å². The third-order valence-electron chi connectivity index (χ3n) is 8.80. The van der Waals surface area contributed by atoms with Crippen molar-refractivity contribution in [2.45, 2.75) is 71.3 Å². The van der Waals surface area contributed by atoms with E-state index in [4.69, 9.17) is 0 Å². The zero-order chi connectivity index (χ0) is 18.7. The number of carbonyl (C=O) groups is 1. The largest absolute Gasteiger partial charge is 0.395 e. The summed E-state index contributed by atoms with van der Waals surface area (Å²) in [4.78, 5) is 12.0. The summed E-state index contributed by atoms with van der Waals surface area (Å²) in [5, 5.41) is 21.8. The highest BCUT2D eigenvalue weighted by molar-refractivity contribution is 5.91. The van der Waals surface area contributed by atoms with Crippen LogP contribution in [-0.4, -0.2) is 28.2 Å². The van der Waals surface area contributed by atoms with Crippen LogP contribution in [0, 0.1) is 46.3 Å². The van der Waals surface area contributed by atoms with E-state index in [0.29, 0.717) is 30.1 Å². The molecule has 3 nitrogen and oxygen atoms in total. The molecule has 0 aromatic carbocycles. The summed E-state index contributed by atoms with van der Waals surface area (Å²) in [7, 11) is 0. The molecule has 0 radical (unpaired) electrons. The van der Waals surface area contributed by atoms with E-state index in [-0.39, 0.29) is 23.2 Å². The highest BCUT2D eigenvalue weighted by Gasteiger charge is 2.65. The fourth-order valence-electron chi connectivity index (χ4n) is 7.45. The third-order valence-corrected chi connectivity index (χ3v) is 8.80. The van der Waals surface area contributed by atoms with Crippen LogP contribution >= 0.6 is 0 Å². The average molecular weight is 357 g/mol. The molecule has 0 spiro atoms. The minimum atomic E-state index is -0.873. The van der Waals surface area contributed by atoms with Crippen molar-refractivity contribution in [2.75, 3.05) is 6.61 Å². The Hall–Kier alpha value is -1.11. The topological polar surface area (TPSA) is 57.5 Å². The number of aliphatic hydroxyl groups excluding tert-OH is 1. The normalized spacial score (nSPS) is 50.0.